The van der Waals surface area contributed by atoms with E-state index in [0.29, 0.717) is 11.8 Å². The maximum Gasteiger partial charge on any atom is 0.0397 e. The maximum absolute atomic E-state index is 2.62. The van der Waals surface area contributed by atoms with Crippen molar-refractivity contribution < 1.29 is 26.2 Å². The molecule has 0 saturated carbocycles. The van der Waals surface area contributed by atoms with Crippen molar-refractivity contribution >= 4 is 21.7 Å². The van der Waals surface area contributed by atoms with Gasteiger partial charge in [0.15, 0.2) is 0 Å². The van der Waals surface area contributed by atoms with E-state index in [0.717, 1.165) is 22.4 Å². The molecule has 0 saturated heterocycles. The Hall–Kier alpha value is -2.54. The second-order valence-corrected chi connectivity index (χ2v) is 16.7. The van der Waals surface area contributed by atoms with Gasteiger partial charge in [-0.3, -0.25) is 0 Å². The summed E-state index contributed by atoms with van der Waals surface area (Å²) in [6, 6.07) is 35.7. The minimum absolute atomic E-state index is 0. The van der Waals surface area contributed by atoms with Gasteiger partial charge in [0, 0.05) is 47.6 Å². The normalized spacial score (nSPS) is 15.9. The van der Waals surface area contributed by atoms with E-state index in [1.165, 1.54) is 134 Å². The van der Waals surface area contributed by atoms with Crippen molar-refractivity contribution in [3.8, 4) is 22.3 Å². The molecular weight excluding hydrogens is 720 g/mol. The summed E-state index contributed by atoms with van der Waals surface area (Å²) in [7, 11) is 0.948. The standard InChI is InChI=1S/C50H62Si.Zr/c1-5-9-11-13-19-41-33-47-43(39-29-25-37(17-7-3)26-30-39)21-15-23-45(47)49(41)35-51-36-50-42(20-14-12-10-6-2)34-48-44(22-16-24-46(48)50)40-31-27-38(18-8-4)28-32-40;/h15-16,21-34,49-50H,5-14,17-20,35-36H2,1-4H3;. The molecule has 2 heteroatoms. The van der Waals surface area contributed by atoms with Gasteiger partial charge in [-0.15, -0.1) is 0 Å². The first-order valence-electron chi connectivity index (χ1n) is 20.7. The molecule has 2 radical (unpaired) electrons. The molecule has 0 bridgehead atoms. The first kappa shape index (κ1) is 40.6. The van der Waals surface area contributed by atoms with Crippen LogP contribution in [0.25, 0.3) is 34.4 Å². The van der Waals surface area contributed by atoms with Crippen molar-refractivity contribution in [3.63, 3.8) is 0 Å². The molecule has 2 aliphatic carbocycles. The summed E-state index contributed by atoms with van der Waals surface area (Å²) in [6.07, 6.45) is 23.1. The fraction of sp³-hybridized carbons (Fsp3) is 0.440. The summed E-state index contributed by atoms with van der Waals surface area (Å²) in [4.78, 5) is 0. The van der Waals surface area contributed by atoms with Crippen molar-refractivity contribution in [2.75, 3.05) is 0 Å². The quantitative estimate of drug-likeness (QED) is 0.0619. The summed E-state index contributed by atoms with van der Waals surface area (Å²) in [6.45, 7) is 9.19. The number of benzene rings is 4. The number of hydrogen-bond donors (Lipinski definition) is 0. The van der Waals surface area contributed by atoms with E-state index >= 15 is 0 Å². The molecule has 2 aliphatic rings. The Labute approximate surface area is 339 Å². The SMILES string of the molecule is CCCCCCC1=Cc2c(-c3ccc(CCC)cc3)cccc2C1C[Si]CC1C(CCCCCC)=Cc2c(-c3ccc(CCC)cc3)cccc21.[Zr]. The van der Waals surface area contributed by atoms with E-state index in [1.807, 2.05) is 0 Å². The third kappa shape index (κ3) is 9.95. The van der Waals surface area contributed by atoms with E-state index < -0.39 is 0 Å². The van der Waals surface area contributed by atoms with Crippen LogP contribution in [0.3, 0.4) is 0 Å². The van der Waals surface area contributed by atoms with E-state index in [1.54, 1.807) is 22.3 Å². The van der Waals surface area contributed by atoms with Crippen LogP contribution in [0.15, 0.2) is 96.1 Å². The maximum atomic E-state index is 2.62. The average molecular weight is 782 g/mol. The third-order valence-corrected chi connectivity index (χ3v) is 12.9. The molecule has 4 aromatic carbocycles. The fourth-order valence-corrected chi connectivity index (χ4v) is 10.4. The van der Waals surface area contributed by atoms with Gasteiger partial charge < -0.3 is 0 Å². The number of unbranched alkanes of at least 4 members (excludes halogenated alkanes) is 6. The van der Waals surface area contributed by atoms with Gasteiger partial charge in [0.05, 0.1) is 0 Å². The van der Waals surface area contributed by atoms with Gasteiger partial charge in [0.25, 0.3) is 0 Å². The molecule has 0 fully saturated rings. The molecule has 52 heavy (non-hydrogen) atoms. The van der Waals surface area contributed by atoms with Gasteiger partial charge in [0.2, 0.25) is 0 Å². The average Bonchev–Trinajstić information content (AvgIpc) is 3.70. The largest absolute Gasteiger partial charge is 0.0654 e. The van der Waals surface area contributed by atoms with Crippen LogP contribution in [0.5, 0.6) is 0 Å². The van der Waals surface area contributed by atoms with Gasteiger partial charge >= 0.3 is 0 Å². The molecule has 0 aliphatic heterocycles. The van der Waals surface area contributed by atoms with Crippen LogP contribution in [-0.4, -0.2) is 9.52 Å². The molecule has 4 aromatic rings. The first-order chi connectivity index (χ1) is 25.1. The van der Waals surface area contributed by atoms with Crippen molar-refractivity contribution in [1.29, 1.82) is 0 Å². The third-order valence-electron chi connectivity index (χ3n) is 11.5. The molecule has 0 spiro atoms. The van der Waals surface area contributed by atoms with Crippen LogP contribution in [0, 0.1) is 0 Å². The van der Waals surface area contributed by atoms with Crippen LogP contribution in [-0.2, 0) is 39.0 Å². The van der Waals surface area contributed by atoms with Crippen LogP contribution in [0.4, 0.5) is 0 Å². The minimum atomic E-state index is 0. The van der Waals surface area contributed by atoms with Gasteiger partial charge in [-0.05, 0) is 94.2 Å². The summed E-state index contributed by atoms with van der Waals surface area (Å²) in [5, 5.41) is 0. The zero-order chi connectivity index (χ0) is 35.4. The van der Waals surface area contributed by atoms with Crippen LogP contribution >= 0.6 is 0 Å². The number of aryl methyl sites for hydroxylation is 2. The molecule has 0 amide bonds. The molecule has 2 atom stereocenters. The van der Waals surface area contributed by atoms with Crippen molar-refractivity contribution in [2.24, 2.45) is 0 Å². The Kier molecular flexibility index (Phi) is 16.2. The van der Waals surface area contributed by atoms with Crippen molar-refractivity contribution in [2.45, 2.75) is 142 Å². The Balaban J connectivity index is 0.00000523. The Morgan fingerprint density at radius 2 is 0.865 bits per heavy atom. The van der Waals surface area contributed by atoms with E-state index in [-0.39, 0.29) is 26.2 Å². The fourth-order valence-electron chi connectivity index (χ4n) is 8.71. The number of hydrogen-bond acceptors (Lipinski definition) is 0. The van der Waals surface area contributed by atoms with Crippen LogP contribution in [0.2, 0.25) is 12.1 Å². The van der Waals surface area contributed by atoms with E-state index in [4.69, 9.17) is 0 Å². The first-order valence-corrected chi connectivity index (χ1v) is 22.1. The Morgan fingerprint density at radius 1 is 0.442 bits per heavy atom. The number of rotatable bonds is 20. The molecular formula is C50H62SiZr. The second-order valence-electron chi connectivity index (χ2n) is 15.3. The summed E-state index contributed by atoms with van der Waals surface area (Å²) < 4.78 is 0. The van der Waals surface area contributed by atoms with Gasteiger partial charge in [-0.1, -0.05) is 199 Å². The topological polar surface area (TPSA) is 0 Å². The van der Waals surface area contributed by atoms with Gasteiger partial charge in [0.1, 0.15) is 0 Å². The Bertz CT molecular complexity index is 1630. The number of allylic oxidation sites excluding steroid dienone is 2. The van der Waals surface area contributed by atoms with Crippen molar-refractivity contribution in [1.82, 2.24) is 0 Å². The van der Waals surface area contributed by atoms with Gasteiger partial charge in [-0.2, -0.15) is 0 Å². The van der Waals surface area contributed by atoms with Crippen molar-refractivity contribution in [3.05, 3.63) is 129 Å². The molecule has 0 N–H and O–H groups in total. The zero-order valence-corrected chi connectivity index (χ0v) is 36.2. The molecule has 0 aromatic heterocycles. The van der Waals surface area contributed by atoms with E-state index in [9.17, 15) is 0 Å². The monoisotopic (exact) mass is 780 g/mol. The zero-order valence-electron chi connectivity index (χ0n) is 32.7. The molecule has 6 rings (SSSR count). The van der Waals surface area contributed by atoms with Crippen LogP contribution in [0.1, 0.15) is 150 Å². The summed E-state index contributed by atoms with van der Waals surface area (Å²) in [5.74, 6) is 1.12. The van der Waals surface area contributed by atoms with Crippen LogP contribution < -0.4 is 0 Å². The summed E-state index contributed by atoms with van der Waals surface area (Å²) in [5.41, 5.74) is 18.0. The number of fused-ring (bicyclic) bond motifs is 2. The Morgan fingerprint density at radius 3 is 1.25 bits per heavy atom. The molecule has 270 valence electrons. The predicted molar refractivity (Wildman–Crippen MR) is 226 cm³/mol. The molecule has 0 nitrogen and oxygen atoms in total. The predicted octanol–water partition coefficient (Wildman–Crippen LogP) is 15.1. The minimum Gasteiger partial charge on any atom is -0.0654 e. The summed E-state index contributed by atoms with van der Waals surface area (Å²) >= 11 is 0. The molecule has 2 unspecified atom stereocenters. The smallest absolute Gasteiger partial charge is 0.0397 e. The van der Waals surface area contributed by atoms with Gasteiger partial charge in [-0.25, -0.2) is 0 Å². The molecule has 0 heterocycles. The van der Waals surface area contributed by atoms with E-state index in [2.05, 4.69) is 125 Å². The second kappa shape index (κ2) is 20.8.